The van der Waals surface area contributed by atoms with Gasteiger partial charge in [-0.15, -0.1) is 0 Å². The molecule has 0 bridgehead atoms. The Morgan fingerprint density at radius 1 is 1.38 bits per heavy atom. The molecule has 0 aromatic rings. The number of aliphatic hydroxyl groups excluding tert-OH is 2. The number of aliphatic hydroxyl groups is 2. The first kappa shape index (κ1) is 18.0. The molecule has 0 radical (unpaired) electrons. The van der Waals surface area contributed by atoms with Crippen LogP contribution in [-0.4, -0.2) is 54.7 Å². The second kappa shape index (κ2) is 7.31. The van der Waals surface area contributed by atoms with Crippen molar-refractivity contribution >= 4 is 5.96 Å². The summed E-state index contributed by atoms with van der Waals surface area (Å²) in [5.74, 6) is 0.178. The van der Waals surface area contributed by atoms with E-state index in [1.807, 2.05) is 6.92 Å². The summed E-state index contributed by atoms with van der Waals surface area (Å²) in [4.78, 5) is 3.82. The van der Waals surface area contributed by atoms with Crippen LogP contribution in [0.2, 0.25) is 0 Å². The Kier molecular flexibility index (Phi) is 6.27. The summed E-state index contributed by atoms with van der Waals surface area (Å²) in [7, 11) is 1.44. The van der Waals surface area contributed by atoms with Crippen LogP contribution in [-0.2, 0) is 0 Å². The van der Waals surface area contributed by atoms with Gasteiger partial charge in [-0.1, -0.05) is 19.8 Å². The Bertz CT molecular complexity index is 363. The van der Waals surface area contributed by atoms with Crippen molar-refractivity contribution in [1.29, 1.82) is 0 Å². The largest absolute Gasteiger partial charge is 0.416 e. The molecule has 5 nitrogen and oxygen atoms in total. The Balaban J connectivity index is 2.45. The van der Waals surface area contributed by atoms with E-state index in [2.05, 4.69) is 15.6 Å². The minimum atomic E-state index is -4.66. The number of rotatable bonds is 4. The summed E-state index contributed by atoms with van der Waals surface area (Å²) >= 11 is 0. The maximum absolute atomic E-state index is 12.2. The number of alkyl halides is 3. The van der Waals surface area contributed by atoms with E-state index in [0.29, 0.717) is 6.54 Å². The van der Waals surface area contributed by atoms with E-state index in [1.54, 1.807) is 0 Å². The van der Waals surface area contributed by atoms with E-state index >= 15 is 0 Å². The highest BCUT2D eigenvalue weighted by Gasteiger charge is 2.38. The first-order valence-electron chi connectivity index (χ1n) is 7.06. The number of nitrogens with zero attached hydrogens (tertiary/aromatic N) is 1. The summed E-state index contributed by atoms with van der Waals surface area (Å²) in [5.41, 5.74) is -0.321. The van der Waals surface area contributed by atoms with Gasteiger partial charge in [-0.05, 0) is 12.8 Å². The van der Waals surface area contributed by atoms with E-state index < -0.39 is 24.9 Å². The van der Waals surface area contributed by atoms with Gasteiger partial charge in [0.15, 0.2) is 12.1 Å². The summed E-state index contributed by atoms with van der Waals surface area (Å²) in [5, 5.41) is 24.3. The minimum absolute atomic E-state index is 0.178. The van der Waals surface area contributed by atoms with Crippen molar-refractivity contribution in [3.05, 3.63) is 0 Å². The molecule has 0 heterocycles. The molecule has 0 spiro atoms. The van der Waals surface area contributed by atoms with Crippen molar-refractivity contribution in [3.8, 4) is 0 Å². The molecule has 0 saturated heterocycles. The lowest BCUT2D eigenvalue weighted by Gasteiger charge is -2.38. The van der Waals surface area contributed by atoms with Crippen molar-refractivity contribution in [2.24, 2.45) is 10.4 Å². The van der Waals surface area contributed by atoms with Crippen LogP contribution in [0.25, 0.3) is 0 Å². The van der Waals surface area contributed by atoms with Crippen LogP contribution in [0.15, 0.2) is 4.99 Å². The molecule has 0 amide bonds. The smallest absolute Gasteiger partial charge is 0.392 e. The average molecular weight is 311 g/mol. The number of guanidine groups is 1. The van der Waals surface area contributed by atoms with Crippen molar-refractivity contribution in [3.63, 3.8) is 0 Å². The SMILES string of the molecule is CN=C(NCC(O)C(F)(F)F)NCC1(C)CCCCC1O. The van der Waals surface area contributed by atoms with Gasteiger partial charge < -0.3 is 20.8 Å². The molecule has 0 aromatic carbocycles. The maximum atomic E-state index is 12.2. The van der Waals surface area contributed by atoms with Crippen LogP contribution in [0.5, 0.6) is 0 Å². The fourth-order valence-electron chi connectivity index (χ4n) is 2.40. The third-order valence-electron chi connectivity index (χ3n) is 4.00. The van der Waals surface area contributed by atoms with Gasteiger partial charge in [0, 0.05) is 19.0 Å². The molecular formula is C13H24F3N3O2. The third kappa shape index (κ3) is 5.35. The molecule has 1 aliphatic carbocycles. The summed E-state index contributed by atoms with van der Waals surface area (Å²) < 4.78 is 36.6. The van der Waals surface area contributed by atoms with Gasteiger partial charge in [-0.3, -0.25) is 4.99 Å². The van der Waals surface area contributed by atoms with Crippen LogP contribution in [0.1, 0.15) is 32.6 Å². The first-order chi connectivity index (χ1) is 9.69. The van der Waals surface area contributed by atoms with Crippen molar-refractivity contribution in [2.75, 3.05) is 20.1 Å². The molecule has 124 valence electrons. The highest BCUT2D eigenvalue weighted by molar-refractivity contribution is 5.79. The van der Waals surface area contributed by atoms with E-state index in [4.69, 9.17) is 5.11 Å². The number of hydrogen-bond donors (Lipinski definition) is 4. The Morgan fingerprint density at radius 3 is 2.57 bits per heavy atom. The number of aliphatic imine (C=N–C) groups is 1. The lowest BCUT2D eigenvalue weighted by atomic mass is 9.73. The molecule has 0 aliphatic heterocycles. The zero-order chi connectivity index (χ0) is 16.1. The summed E-state index contributed by atoms with van der Waals surface area (Å²) in [6, 6.07) is 0. The zero-order valence-electron chi connectivity index (χ0n) is 12.4. The van der Waals surface area contributed by atoms with Crippen LogP contribution in [0.3, 0.4) is 0 Å². The molecular weight excluding hydrogens is 287 g/mol. The molecule has 1 aliphatic rings. The fraction of sp³-hybridized carbons (Fsp3) is 0.923. The van der Waals surface area contributed by atoms with Gasteiger partial charge in [0.1, 0.15) is 0 Å². The summed E-state index contributed by atoms with van der Waals surface area (Å²) in [6.07, 6.45) is -3.93. The topological polar surface area (TPSA) is 76.9 Å². The van der Waals surface area contributed by atoms with Gasteiger partial charge in [0.2, 0.25) is 0 Å². The lowest BCUT2D eigenvalue weighted by molar-refractivity contribution is -0.201. The first-order valence-corrected chi connectivity index (χ1v) is 7.06. The molecule has 1 saturated carbocycles. The normalized spacial score (nSPS) is 29.1. The third-order valence-corrected chi connectivity index (χ3v) is 4.00. The Labute approximate surface area is 122 Å². The molecule has 0 aromatic heterocycles. The predicted molar refractivity (Wildman–Crippen MR) is 74.0 cm³/mol. The second-order valence-corrected chi connectivity index (χ2v) is 5.78. The molecule has 8 heteroatoms. The van der Waals surface area contributed by atoms with Crippen LogP contribution >= 0.6 is 0 Å². The highest BCUT2D eigenvalue weighted by atomic mass is 19.4. The van der Waals surface area contributed by atoms with Crippen LogP contribution in [0, 0.1) is 5.41 Å². The van der Waals surface area contributed by atoms with Crippen LogP contribution in [0.4, 0.5) is 13.2 Å². The standard InChI is InChI=1S/C13H24F3N3O2/c1-12(6-4-3-5-9(12)20)8-19-11(17-2)18-7-10(21)13(14,15)16/h9-10,20-21H,3-8H2,1-2H3,(H2,17,18,19). The fourth-order valence-corrected chi connectivity index (χ4v) is 2.40. The van der Waals surface area contributed by atoms with Gasteiger partial charge in [0.25, 0.3) is 0 Å². The van der Waals surface area contributed by atoms with Gasteiger partial charge in [-0.25, -0.2) is 0 Å². The predicted octanol–water partition coefficient (Wildman–Crippen LogP) is 1.02. The van der Waals surface area contributed by atoms with E-state index in [1.165, 1.54) is 7.05 Å². The highest BCUT2D eigenvalue weighted by Crippen LogP contribution is 2.35. The monoisotopic (exact) mass is 311 g/mol. The molecule has 3 unspecified atom stereocenters. The van der Waals surface area contributed by atoms with Crippen molar-refractivity contribution < 1.29 is 23.4 Å². The van der Waals surface area contributed by atoms with Crippen molar-refractivity contribution in [2.45, 2.75) is 51.0 Å². The lowest BCUT2D eigenvalue weighted by Crippen LogP contribution is -2.50. The van der Waals surface area contributed by atoms with Gasteiger partial charge in [-0.2, -0.15) is 13.2 Å². The minimum Gasteiger partial charge on any atom is -0.392 e. The van der Waals surface area contributed by atoms with Crippen LogP contribution < -0.4 is 10.6 Å². The molecule has 21 heavy (non-hydrogen) atoms. The van der Waals surface area contributed by atoms with Gasteiger partial charge >= 0.3 is 6.18 Å². The quantitative estimate of drug-likeness (QED) is 0.462. The maximum Gasteiger partial charge on any atom is 0.416 e. The molecule has 3 atom stereocenters. The average Bonchev–Trinajstić information content (AvgIpc) is 2.41. The molecule has 1 fully saturated rings. The molecule has 4 N–H and O–H groups in total. The van der Waals surface area contributed by atoms with Gasteiger partial charge in [0.05, 0.1) is 12.6 Å². The Hall–Kier alpha value is -1.02. The summed E-state index contributed by atoms with van der Waals surface area (Å²) in [6.45, 7) is 1.69. The van der Waals surface area contributed by atoms with E-state index in [-0.39, 0.29) is 11.4 Å². The Morgan fingerprint density at radius 2 is 2.05 bits per heavy atom. The van der Waals surface area contributed by atoms with E-state index in [9.17, 15) is 18.3 Å². The van der Waals surface area contributed by atoms with Crippen molar-refractivity contribution in [1.82, 2.24) is 10.6 Å². The number of halogens is 3. The number of hydrogen-bond acceptors (Lipinski definition) is 3. The second-order valence-electron chi connectivity index (χ2n) is 5.78. The zero-order valence-corrected chi connectivity index (χ0v) is 12.4. The number of nitrogens with one attached hydrogen (secondary N) is 2. The van der Waals surface area contributed by atoms with E-state index in [0.717, 1.165) is 25.7 Å². The molecule has 1 rings (SSSR count).